The first-order chi connectivity index (χ1) is 14.9. The lowest BCUT2D eigenvalue weighted by Gasteiger charge is -2.28. The average molecular weight is 442 g/mol. The van der Waals surface area contributed by atoms with Crippen LogP contribution in [-0.2, 0) is 17.8 Å². The molecule has 4 rings (SSSR count). The van der Waals surface area contributed by atoms with E-state index in [0.29, 0.717) is 52.7 Å². The fraction of sp³-hybridized carbons (Fsp3) is 0.304. The van der Waals surface area contributed by atoms with Gasteiger partial charge in [0, 0.05) is 47.2 Å². The molecule has 0 fully saturated rings. The summed E-state index contributed by atoms with van der Waals surface area (Å²) in [6, 6.07) is 8.72. The number of amides is 1. The molecule has 1 aliphatic heterocycles. The van der Waals surface area contributed by atoms with Crippen LogP contribution in [-0.4, -0.2) is 43.1 Å². The molecule has 0 bridgehead atoms. The molecule has 0 saturated heterocycles. The summed E-state index contributed by atoms with van der Waals surface area (Å²) in [5.74, 6) is 0.988. The summed E-state index contributed by atoms with van der Waals surface area (Å²) in [5.41, 5.74) is 3.80. The minimum Gasteiger partial charge on any atom is -0.497 e. The van der Waals surface area contributed by atoms with E-state index in [9.17, 15) is 9.59 Å². The molecule has 3 aromatic rings. The molecule has 2 aromatic carbocycles. The molecule has 2 heterocycles. The van der Waals surface area contributed by atoms with Crippen LogP contribution in [0.15, 0.2) is 35.1 Å². The lowest BCUT2D eigenvalue weighted by atomic mass is 10.0. The molecule has 7 nitrogen and oxygen atoms in total. The van der Waals surface area contributed by atoms with Crippen LogP contribution in [0.5, 0.6) is 11.5 Å². The Hall–Kier alpha value is -3.03. The number of fused-ring (bicyclic) bond motifs is 2. The summed E-state index contributed by atoms with van der Waals surface area (Å²) in [4.78, 5) is 31.1. The molecule has 162 valence electrons. The fourth-order valence-corrected chi connectivity index (χ4v) is 4.11. The number of hydrogen-bond donors (Lipinski definition) is 2. The zero-order valence-electron chi connectivity index (χ0n) is 17.7. The van der Waals surface area contributed by atoms with Crippen LogP contribution in [0.4, 0.5) is 5.69 Å². The predicted molar refractivity (Wildman–Crippen MR) is 121 cm³/mol. The number of hydrogen-bond acceptors (Lipinski definition) is 5. The maximum Gasteiger partial charge on any atom is 0.238 e. The predicted octanol–water partition coefficient (Wildman–Crippen LogP) is 3.50. The topological polar surface area (TPSA) is 83.7 Å². The number of halogens is 1. The number of benzene rings is 2. The second-order valence-electron chi connectivity index (χ2n) is 7.58. The van der Waals surface area contributed by atoms with Gasteiger partial charge in [0.2, 0.25) is 5.91 Å². The van der Waals surface area contributed by atoms with Gasteiger partial charge < -0.3 is 19.8 Å². The summed E-state index contributed by atoms with van der Waals surface area (Å²) >= 11 is 6.22. The van der Waals surface area contributed by atoms with Crippen molar-refractivity contribution < 1.29 is 14.3 Å². The lowest BCUT2D eigenvalue weighted by molar-refractivity contribution is -0.117. The number of aryl methyl sites for hydroxylation is 1. The van der Waals surface area contributed by atoms with Gasteiger partial charge in [-0.1, -0.05) is 11.6 Å². The molecule has 0 aliphatic carbocycles. The van der Waals surface area contributed by atoms with Crippen LogP contribution in [0.1, 0.15) is 16.8 Å². The van der Waals surface area contributed by atoms with Gasteiger partial charge in [-0.3, -0.25) is 14.5 Å². The van der Waals surface area contributed by atoms with E-state index in [1.54, 1.807) is 44.6 Å². The number of rotatable bonds is 5. The normalized spacial score (nSPS) is 13.7. The minimum atomic E-state index is -0.185. The van der Waals surface area contributed by atoms with E-state index in [2.05, 4.69) is 10.3 Å². The molecular formula is C23H24ClN3O4. The van der Waals surface area contributed by atoms with Gasteiger partial charge in [-0.2, -0.15) is 0 Å². The standard InChI is InChI=1S/C23H24ClN3O4/c1-13-17(24)6-5-15-22(13)26-18-8-9-27(11-16(18)23(15)29)12-21(28)25-19-10-14(30-2)4-7-20(19)31-3/h4-7,10H,8-9,11-12H2,1-3H3,(H,25,28)(H,26,29). The van der Waals surface area contributed by atoms with E-state index in [1.165, 1.54) is 0 Å². The van der Waals surface area contributed by atoms with Crippen molar-refractivity contribution >= 4 is 34.1 Å². The lowest BCUT2D eigenvalue weighted by Crippen LogP contribution is -2.39. The first-order valence-corrected chi connectivity index (χ1v) is 10.4. The Bertz CT molecular complexity index is 1220. The number of carbonyl (C=O) groups is 1. The van der Waals surface area contributed by atoms with Gasteiger partial charge in [0.05, 0.1) is 32.0 Å². The second kappa shape index (κ2) is 8.61. The van der Waals surface area contributed by atoms with Crippen LogP contribution in [0, 0.1) is 6.92 Å². The van der Waals surface area contributed by atoms with Crippen molar-refractivity contribution in [2.45, 2.75) is 19.9 Å². The van der Waals surface area contributed by atoms with E-state index in [-0.39, 0.29) is 17.9 Å². The number of carbonyl (C=O) groups excluding carboxylic acids is 1. The highest BCUT2D eigenvalue weighted by Crippen LogP contribution is 2.29. The molecule has 2 N–H and O–H groups in total. The molecule has 0 saturated carbocycles. The Morgan fingerprint density at radius 2 is 2.03 bits per heavy atom. The Morgan fingerprint density at radius 3 is 2.77 bits per heavy atom. The number of ether oxygens (including phenoxy) is 2. The van der Waals surface area contributed by atoms with Crippen molar-refractivity contribution in [3.05, 3.63) is 62.4 Å². The van der Waals surface area contributed by atoms with E-state index >= 15 is 0 Å². The average Bonchev–Trinajstić information content (AvgIpc) is 2.77. The maximum absolute atomic E-state index is 13.1. The van der Waals surface area contributed by atoms with Crippen molar-refractivity contribution in [2.75, 3.05) is 32.6 Å². The molecule has 1 aromatic heterocycles. The quantitative estimate of drug-likeness (QED) is 0.633. The molecule has 0 radical (unpaired) electrons. The molecular weight excluding hydrogens is 418 g/mol. The molecule has 0 spiro atoms. The number of anilines is 1. The molecule has 1 aliphatic rings. The van der Waals surface area contributed by atoms with Gasteiger partial charge in [-0.05, 0) is 36.8 Å². The van der Waals surface area contributed by atoms with Crippen molar-refractivity contribution in [2.24, 2.45) is 0 Å². The SMILES string of the molecule is COc1ccc(OC)c(NC(=O)CN2CCc3[nH]c4c(C)c(Cl)ccc4c(=O)c3C2)c1. The van der Waals surface area contributed by atoms with Gasteiger partial charge in [0.1, 0.15) is 11.5 Å². The zero-order valence-corrected chi connectivity index (χ0v) is 18.4. The van der Waals surface area contributed by atoms with Gasteiger partial charge in [-0.15, -0.1) is 0 Å². The summed E-state index contributed by atoms with van der Waals surface area (Å²) in [6.07, 6.45) is 0.655. The van der Waals surface area contributed by atoms with Crippen LogP contribution < -0.4 is 20.2 Å². The number of pyridine rings is 1. The monoisotopic (exact) mass is 441 g/mol. The van der Waals surface area contributed by atoms with Gasteiger partial charge in [-0.25, -0.2) is 0 Å². The van der Waals surface area contributed by atoms with Gasteiger partial charge >= 0.3 is 0 Å². The van der Waals surface area contributed by atoms with Crippen LogP contribution in [0.3, 0.4) is 0 Å². The van der Waals surface area contributed by atoms with Crippen molar-refractivity contribution in [1.29, 1.82) is 0 Å². The van der Waals surface area contributed by atoms with Crippen molar-refractivity contribution in [3.63, 3.8) is 0 Å². The Kier molecular flexibility index (Phi) is 5.89. The number of methoxy groups -OCH3 is 2. The van der Waals surface area contributed by atoms with Crippen molar-refractivity contribution in [1.82, 2.24) is 9.88 Å². The van der Waals surface area contributed by atoms with Crippen LogP contribution in [0.25, 0.3) is 10.9 Å². The molecule has 8 heteroatoms. The number of H-pyrrole nitrogens is 1. The number of nitrogens with one attached hydrogen (secondary N) is 2. The summed E-state index contributed by atoms with van der Waals surface area (Å²) in [7, 11) is 3.11. The molecule has 31 heavy (non-hydrogen) atoms. The highest BCUT2D eigenvalue weighted by molar-refractivity contribution is 6.32. The second-order valence-corrected chi connectivity index (χ2v) is 7.99. The number of nitrogens with zero attached hydrogens (tertiary/aromatic N) is 1. The van der Waals surface area contributed by atoms with Crippen molar-refractivity contribution in [3.8, 4) is 11.5 Å². The Morgan fingerprint density at radius 1 is 1.23 bits per heavy atom. The molecule has 1 amide bonds. The van der Waals surface area contributed by atoms with E-state index in [1.807, 2.05) is 11.8 Å². The molecule has 0 atom stereocenters. The third-order valence-electron chi connectivity index (χ3n) is 5.67. The van der Waals surface area contributed by atoms with E-state index < -0.39 is 0 Å². The zero-order chi connectivity index (χ0) is 22.1. The summed E-state index contributed by atoms with van der Waals surface area (Å²) in [6.45, 7) is 3.14. The van der Waals surface area contributed by atoms with E-state index in [4.69, 9.17) is 21.1 Å². The summed E-state index contributed by atoms with van der Waals surface area (Å²) < 4.78 is 10.5. The summed E-state index contributed by atoms with van der Waals surface area (Å²) in [5, 5.41) is 4.13. The molecule has 0 unspecified atom stereocenters. The van der Waals surface area contributed by atoms with Gasteiger partial charge in [0.25, 0.3) is 0 Å². The van der Waals surface area contributed by atoms with Crippen LogP contribution in [0.2, 0.25) is 5.02 Å². The smallest absolute Gasteiger partial charge is 0.238 e. The largest absolute Gasteiger partial charge is 0.497 e. The highest BCUT2D eigenvalue weighted by Gasteiger charge is 2.23. The Labute approximate surface area is 184 Å². The third-order valence-corrected chi connectivity index (χ3v) is 6.07. The minimum absolute atomic E-state index is 0.0110. The first-order valence-electron chi connectivity index (χ1n) is 9.98. The first kappa shape index (κ1) is 21.2. The number of aromatic amines is 1. The maximum atomic E-state index is 13.1. The highest BCUT2D eigenvalue weighted by atomic mass is 35.5. The van der Waals surface area contributed by atoms with Crippen LogP contribution >= 0.6 is 11.6 Å². The number of aromatic nitrogens is 1. The van der Waals surface area contributed by atoms with E-state index in [0.717, 1.165) is 16.8 Å². The van der Waals surface area contributed by atoms with Gasteiger partial charge in [0.15, 0.2) is 5.43 Å². The fourth-order valence-electron chi connectivity index (χ4n) is 3.96. The third kappa shape index (κ3) is 4.11. The Balaban J connectivity index is 1.53.